The van der Waals surface area contributed by atoms with E-state index in [0.717, 1.165) is 34.7 Å². The summed E-state index contributed by atoms with van der Waals surface area (Å²) in [5.74, 6) is 1.76. The van der Waals surface area contributed by atoms with Crippen LogP contribution in [-0.4, -0.2) is 40.8 Å². The molecular weight excluding hydrogens is 468 g/mol. The molecule has 0 bridgehead atoms. The van der Waals surface area contributed by atoms with Crippen LogP contribution in [0.1, 0.15) is 23.9 Å². The fraction of sp³-hybridized carbons (Fsp3) is 0.310. The van der Waals surface area contributed by atoms with E-state index in [1.165, 1.54) is 0 Å². The van der Waals surface area contributed by atoms with Crippen molar-refractivity contribution in [3.63, 3.8) is 0 Å². The average molecular weight is 499 g/mol. The van der Waals surface area contributed by atoms with Crippen LogP contribution in [0.2, 0.25) is 0 Å². The molecule has 1 fully saturated rings. The van der Waals surface area contributed by atoms with Crippen molar-refractivity contribution in [1.82, 2.24) is 15.1 Å². The lowest BCUT2D eigenvalue weighted by atomic mass is 9.90. The van der Waals surface area contributed by atoms with E-state index in [2.05, 4.69) is 20.0 Å². The Morgan fingerprint density at radius 1 is 1.08 bits per heavy atom. The van der Waals surface area contributed by atoms with Crippen molar-refractivity contribution in [2.24, 2.45) is 11.8 Å². The Morgan fingerprint density at radius 2 is 1.89 bits per heavy atom. The Hall–Kier alpha value is -4.20. The lowest BCUT2D eigenvalue weighted by Gasteiger charge is -2.17. The zero-order chi connectivity index (χ0) is 25.6. The van der Waals surface area contributed by atoms with Crippen LogP contribution in [-0.2, 0) is 22.6 Å². The molecule has 0 radical (unpaired) electrons. The Morgan fingerprint density at radius 3 is 2.65 bits per heavy atom. The molecule has 5 rings (SSSR count). The summed E-state index contributed by atoms with van der Waals surface area (Å²) >= 11 is 0. The fourth-order valence-electron chi connectivity index (χ4n) is 4.65. The predicted octanol–water partition coefficient (Wildman–Crippen LogP) is 4.88. The van der Waals surface area contributed by atoms with E-state index < -0.39 is 0 Å². The average Bonchev–Trinajstić information content (AvgIpc) is 3.57. The number of aryl methyl sites for hydroxylation is 1. The van der Waals surface area contributed by atoms with E-state index >= 15 is 0 Å². The summed E-state index contributed by atoms with van der Waals surface area (Å²) in [6.07, 6.45) is 2.50. The summed E-state index contributed by atoms with van der Waals surface area (Å²) in [5.41, 5.74) is 3.82. The molecule has 1 aliphatic heterocycles. The summed E-state index contributed by atoms with van der Waals surface area (Å²) in [5, 5.41) is 4.13. The molecule has 0 spiro atoms. The van der Waals surface area contributed by atoms with Crippen LogP contribution in [0.25, 0.3) is 11.3 Å². The van der Waals surface area contributed by atoms with Gasteiger partial charge in [-0.25, -0.2) is 9.97 Å². The third kappa shape index (κ3) is 5.97. The molecular formula is C29H30N4O4. The molecule has 8 heteroatoms. The second-order valence-electron chi connectivity index (χ2n) is 9.20. The molecule has 1 aliphatic rings. The van der Waals surface area contributed by atoms with Crippen molar-refractivity contribution in [3.8, 4) is 17.0 Å². The van der Waals surface area contributed by atoms with Gasteiger partial charge >= 0.3 is 5.97 Å². The molecule has 37 heavy (non-hydrogen) atoms. The van der Waals surface area contributed by atoms with Crippen molar-refractivity contribution in [2.75, 3.05) is 24.6 Å². The minimum absolute atomic E-state index is 0.0977. The van der Waals surface area contributed by atoms with Crippen molar-refractivity contribution in [3.05, 3.63) is 89.9 Å². The largest absolute Gasteiger partial charge is 0.486 e. The van der Waals surface area contributed by atoms with Gasteiger partial charge in [-0.2, -0.15) is 0 Å². The first-order chi connectivity index (χ1) is 18.1. The van der Waals surface area contributed by atoms with E-state index in [4.69, 9.17) is 14.0 Å². The first kappa shape index (κ1) is 24.5. The van der Waals surface area contributed by atoms with E-state index in [9.17, 15) is 4.79 Å². The van der Waals surface area contributed by atoms with Crippen molar-refractivity contribution >= 4 is 11.9 Å². The van der Waals surface area contributed by atoms with Crippen molar-refractivity contribution in [1.29, 1.82) is 0 Å². The van der Waals surface area contributed by atoms with E-state index in [1.807, 2.05) is 80.6 Å². The van der Waals surface area contributed by atoms with Gasteiger partial charge in [0.1, 0.15) is 18.1 Å². The van der Waals surface area contributed by atoms with Gasteiger partial charge in [0, 0.05) is 36.6 Å². The normalized spacial score (nSPS) is 17.1. The van der Waals surface area contributed by atoms with Gasteiger partial charge in [0.05, 0.1) is 12.5 Å². The molecule has 8 nitrogen and oxygen atoms in total. The van der Waals surface area contributed by atoms with Crippen LogP contribution < -0.4 is 9.64 Å². The maximum atomic E-state index is 12.7. The Kier molecular flexibility index (Phi) is 7.44. The zero-order valence-electron chi connectivity index (χ0n) is 21.0. The van der Waals surface area contributed by atoms with E-state index in [1.54, 1.807) is 6.20 Å². The number of anilines is 1. The Labute approximate surface area is 216 Å². The second kappa shape index (κ2) is 11.2. The highest BCUT2D eigenvalue weighted by Crippen LogP contribution is 2.31. The molecule has 2 aromatic carbocycles. The number of nitrogens with zero attached hydrogens (tertiary/aromatic N) is 4. The molecule has 1 saturated heterocycles. The quantitative estimate of drug-likeness (QED) is 0.302. The molecule has 0 aliphatic carbocycles. The van der Waals surface area contributed by atoms with Crippen LogP contribution in [0.5, 0.6) is 5.75 Å². The molecule has 2 atom stereocenters. The molecule has 3 heterocycles. The molecule has 0 unspecified atom stereocenters. The SMILES string of the molecule is CCOC(=O)[C@H]1CN(c2nccc(C)n2)C[C@H]1Cc1ccc(OCc2cc(-c3ccccc3)no2)cc1. The van der Waals surface area contributed by atoms with Gasteiger partial charge in [-0.1, -0.05) is 47.6 Å². The molecule has 4 aromatic rings. The first-order valence-corrected chi connectivity index (χ1v) is 12.5. The number of rotatable bonds is 9. The molecule has 0 saturated carbocycles. The monoisotopic (exact) mass is 498 g/mol. The lowest BCUT2D eigenvalue weighted by molar-refractivity contribution is -0.148. The standard InChI is InChI=1S/C29H30N4O4/c1-3-35-28(34)26-18-33(29-30-14-13-20(2)31-29)17-23(26)15-21-9-11-24(12-10-21)36-19-25-16-27(32-37-25)22-7-5-4-6-8-22/h4-14,16,23,26H,3,15,17-19H2,1-2H3/t23-,26+/m1/s1. The molecule has 0 amide bonds. The third-order valence-electron chi connectivity index (χ3n) is 6.53. The Balaban J connectivity index is 1.21. The highest BCUT2D eigenvalue weighted by molar-refractivity contribution is 5.74. The maximum Gasteiger partial charge on any atom is 0.311 e. The van der Waals surface area contributed by atoms with Crippen LogP contribution >= 0.6 is 0 Å². The molecule has 0 N–H and O–H groups in total. The predicted molar refractivity (Wildman–Crippen MR) is 139 cm³/mol. The summed E-state index contributed by atoms with van der Waals surface area (Å²) < 4.78 is 16.7. The van der Waals surface area contributed by atoms with Crippen LogP contribution in [0.15, 0.2) is 77.4 Å². The highest BCUT2D eigenvalue weighted by Gasteiger charge is 2.39. The summed E-state index contributed by atoms with van der Waals surface area (Å²) in [6.45, 7) is 5.68. The van der Waals surface area contributed by atoms with E-state index in [-0.39, 0.29) is 24.4 Å². The maximum absolute atomic E-state index is 12.7. The minimum Gasteiger partial charge on any atom is -0.486 e. The number of carbonyl (C=O) groups is 1. The third-order valence-corrected chi connectivity index (χ3v) is 6.53. The summed E-state index contributed by atoms with van der Waals surface area (Å²) in [4.78, 5) is 23.8. The number of hydrogen-bond acceptors (Lipinski definition) is 8. The number of aromatic nitrogens is 3. The van der Waals surface area contributed by atoms with Gasteiger partial charge in [-0.15, -0.1) is 0 Å². The lowest BCUT2D eigenvalue weighted by Crippen LogP contribution is -2.27. The van der Waals surface area contributed by atoms with Gasteiger partial charge < -0.3 is 18.9 Å². The first-order valence-electron chi connectivity index (χ1n) is 12.5. The van der Waals surface area contributed by atoms with Crippen LogP contribution in [0, 0.1) is 18.8 Å². The van der Waals surface area contributed by atoms with Gasteiger partial charge in [-0.05, 0) is 49.9 Å². The number of carbonyl (C=O) groups excluding carboxylic acids is 1. The second-order valence-corrected chi connectivity index (χ2v) is 9.20. The van der Waals surface area contributed by atoms with Crippen LogP contribution in [0.3, 0.4) is 0 Å². The minimum atomic E-state index is -0.231. The highest BCUT2D eigenvalue weighted by atomic mass is 16.5. The van der Waals surface area contributed by atoms with Crippen LogP contribution in [0.4, 0.5) is 5.95 Å². The topological polar surface area (TPSA) is 90.6 Å². The summed E-state index contributed by atoms with van der Waals surface area (Å²) in [6, 6.07) is 21.6. The van der Waals surface area contributed by atoms with Crippen molar-refractivity contribution < 1.29 is 18.8 Å². The Bertz CT molecular complexity index is 1320. The van der Waals surface area contributed by atoms with Gasteiger partial charge in [0.2, 0.25) is 5.95 Å². The zero-order valence-corrected chi connectivity index (χ0v) is 21.0. The number of esters is 1. The fourth-order valence-corrected chi connectivity index (χ4v) is 4.65. The smallest absolute Gasteiger partial charge is 0.311 e. The van der Waals surface area contributed by atoms with Gasteiger partial charge in [0.15, 0.2) is 5.76 Å². The number of ether oxygens (including phenoxy) is 2. The van der Waals surface area contributed by atoms with Gasteiger partial charge in [0.25, 0.3) is 0 Å². The van der Waals surface area contributed by atoms with E-state index in [0.29, 0.717) is 31.4 Å². The summed E-state index contributed by atoms with van der Waals surface area (Å²) in [7, 11) is 0. The number of benzene rings is 2. The number of hydrogen-bond donors (Lipinski definition) is 0. The molecule has 190 valence electrons. The van der Waals surface area contributed by atoms with Crippen molar-refractivity contribution in [2.45, 2.75) is 26.9 Å². The molecule has 2 aromatic heterocycles. The van der Waals surface area contributed by atoms with Gasteiger partial charge in [-0.3, -0.25) is 4.79 Å².